The van der Waals surface area contributed by atoms with Gasteiger partial charge in [0.25, 0.3) is 15.5 Å². The normalized spacial score (nSPS) is 11.5. The fraction of sp³-hybridized carbons (Fsp3) is 0.143. The van der Waals surface area contributed by atoms with Crippen molar-refractivity contribution in [3.63, 3.8) is 0 Å². The number of aromatic nitrogens is 1. The minimum absolute atomic E-state index is 0.248. The van der Waals surface area contributed by atoms with Crippen molar-refractivity contribution in [3.8, 4) is 6.07 Å². The first-order valence-corrected chi connectivity index (χ1v) is 6.99. The molecule has 0 saturated carbocycles. The van der Waals surface area contributed by atoms with Crippen LogP contribution in [-0.2, 0) is 9.05 Å². The molecule has 0 N–H and O–H groups in total. The monoisotopic (exact) mass is 378 g/mol. The lowest BCUT2D eigenvalue weighted by molar-refractivity contribution is 0.145. The molecule has 0 radical (unpaired) electrons. The average Bonchev–Trinajstić information content (AvgIpc) is 2.14. The van der Waals surface area contributed by atoms with E-state index in [0.29, 0.717) is 6.07 Å². The van der Waals surface area contributed by atoms with E-state index >= 15 is 0 Å². The number of rotatable bonds is 2. The maximum absolute atomic E-state index is 12.3. The van der Waals surface area contributed by atoms with Crippen molar-refractivity contribution >= 4 is 42.3 Å². The van der Waals surface area contributed by atoms with Gasteiger partial charge >= 0.3 is 0 Å². The fourth-order valence-corrected chi connectivity index (χ4v) is 3.86. The van der Waals surface area contributed by atoms with Gasteiger partial charge in [0.2, 0.25) is 0 Å². The lowest BCUT2D eigenvalue weighted by Crippen LogP contribution is -2.04. The highest BCUT2D eigenvalue weighted by Gasteiger charge is 2.24. The Hall–Kier alpha value is -0.530. The second kappa shape index (κ2) is 4.77. The third-order valence-corrected chi connectivity index (χ3v) is 4.05. The van der Waals surface area contributed by atoms with Crippen LogP contribution >= 0.6 is 33.3 Å². The highest BCUT2D eigenvalue weighted by atomic mass is 127. The van der Waals surface area contributed by atoms with Gasteiger partial charge in [-0.2, -0.15) is 5.26 Å². The zero-order chi connectivity index (χ0) is 12.5. The molecule has 0 aliphatic rings. The van der Waals surface area contributed by atoms with Gasteiger partial charge in [0.15, 0.2) is 0 Å². The minimum Gasteiger partial charge on any atom is -0.239 e. The summed E-state index contributed by atoms with van der Waals surface area (Å²) in [5, 5.41) is 8.66. The van der Waals surface area contributed by atoms with Crippen molar-refractivity contribution in [2.75, 3.05) is 0 Å². The molecule has 1 aromatic rings. The van der Waals surface area contributed by atoms with E-state index in [1.165, 1.54) is 28.7 Å². The van der Waals surface area contributed by atoms with E-state index in [4.69, 9.17) is 15.9 Å². The molecule has 86 valence electrons. The number of nitriles is 1. The number of alkyl halides is 2. The quantitative estimate of drug-likeness (QED) is 0.450. The summed E-state index contributed by atoms with van der Waals surface area (Å²) >= 11 is 1.43. The first-order chi connectivity index (χ1) is 7.27. The summed E-state index contributed by atoms with van der Waals surface area (Å²) in [5.74, 6) is 0. The van der Waals surface area contributed by atoms with E-state index in [1.54, 1.807) is 0 Å². The van der Waals surface area contributed by atoms with Gasteiger partial charge < -0.3 is 0 Å². The topological polar surface area (TPSA) is 70.8 Å². The summed E-state index contributed by atoms with van der Waals surface area (Å²) in [6.07, 6.45) is -2.88. The molecule has 0 atom stereocenters. The Bertz CT molecular complexity index is 570. The van der Waals surface area contributed by atoms with Crippen LogP contribution in [0.4, 0.5) is 8.78 Å². The molecule has 1 heterocycles. The highest BCUT2D eigenvalue weighted by Crippen LogP contribution is 2.28. The Morgan fingerprint density at radius 1 is 1.56 bits per heavy atom. The number of hydrogen-bond acceptors (Lipinski definition) is 4. The van der Waals surface area contributed by atoms with Crippen LogP contribution in [0.5, 0.6) is 0 Å². The molecule has 16 heavy (non-hydrogen) atoms. The lowest BCUT2D eigenvalue weighted by atomic mass is 10.2. The van der Waals surface area contributed by atoms with Crippen LogP contribution in [0.15, 0.2) is 11.0 Å². The molecule has 0 saturated heterocycles. The molecule has 0 aliphatic heterocycles. The van der Waals surface area contributed by atoms with Gasteiger partial charge in [0.05, 0.1) is 5.56 Å². The molecule has 1 aromatic heterocycles. The molecule has 0 fully saturated rings. The van der Waals surface area contributed by atoms with Crippen LogP contribution in [0.1, 0.15) is 17.7 Å². The molecule has 0 spiro atoms. The molecule has 9 heteroatoms. The van der Waals surface area contributed by atoms with E-state index in [9.17, 15) is 17.2 Å². The van der Waals surface area contributed by atoms with E-state index < -0.39 is 31.6 Å². The van der Waals surface area contributed by atoms with Crippen molar-refractivity contribution in [2.24, 2.45) is 0 Å². The number of halogens is 4. The Kier molecular flexibility index (Phi) is 4.03. The lowest BCUT2D eigenvalue weighted by Gasteiger charge is -2.05. The van der Waals surface area contributed by atoms with E-state index in [1.807, 2.05) is 0 Å². The number of hydrogen-bond donors (Lipinski definition) is 0. The summed E-state index contributed by atoms with van der Waals surface area (Å²) in [6, 6.07) is 2.21. The van der Waals surface area contributed by atoms with Gasteiger partial charge in [-0.3, -0.25) is 0 Å². The number of nitrogens with zero attached hydrogens (tertiary/aromatic N) is 2. The maximum atomic E-state index is 12.3. The minimum atomic E-state index is -4.18. The van der Waals surface area contributed by atoms with Crippen LogP contribution in [0.25, 0.3) is 0 Å². The Morgan fingerprint density at radius 2 is 2.12 bits per heavy atom. The van der Waals surface area contributed by atoms with Crippen LogP contribution in [-0.4, -0.2) is 13.4 Å². The van der Waals surface area contributed by atoms with E-state index in [0.717, 1.165) is 0 Å². The van der Waals surface area contributed by atoms with Crippen molar-refractivity contribution in [1.29, 1.82) is 5.26 Å². The molecule has 4 nitrogen and oxygen atoms in total. The van der Waals surface area contributed by atoms with Crippen LogP contribution < -0.4 is 0 Å². The second-order valence-electron chi connectivity index (χ2n) is 2.56. The van der Waals surface area contributed by atoms with Gasteiger partial charge in [0.1, 0.15) is 20.4 Å². The maximum Gasteiger partial charge on any atom is 0.280 e. The van der Waals surface area contributed by atoms with E-state index in [-0.39, 0.29) is 3.70 Å². The van der Waals surface area contributed by atoms with Crippen LogP contribution in [0, 0.1) is 15.0 Å². The van der Waals surface area contributed by atoms with Gasteiger partial charge in [-0.1, -0.05) is 0 Å². The Morgan fingerprint density at radius 3 is 2.50 bits per heavy atom. The summed E-state index contributed by atoms with van der Waals surface area (Å²) in [7, 11) is 0.885. The number of pyridine rings is 1. The summed E-state index contributed by atoms with van der Waals surface area (Å²) < 4.78 is 46.6. The van der Waals surface area contributed by atoms with Gasteiger partial charge in [-0.05, 0) is 28.7 Å². The third-order valence-electron chi connectivity index (χ3n) is 1.54. The summed E-state index contributed by atoms with van der Waals surface area (Å²) in [6.45, 7) is 0. The van der Waals surface area contributed by atoms with Crippen LogP contribution in [0.2, 0.25) is 0 Å². The third kappa shape index (κ3) is 2.78. The molecule has 0 bridgehead atoms. The van der Waals surface area contributed by atoms with E-state index in [2.05, 4.69) is 4.98 Å². The summed E-state index contributed by atoms with van der Waals surface area (Å²) in [4.78, 5) is 2.83. The summed E-state index contributed by atoms with van der Waals surface area (Å²) in [5.41, 5.74) is -1.10. The van der Waals surface area contributed by atoms with Gasteiger partial charge in [0, 0.05) is 10.7 Å². The zero-order valence-corrected chi connectivity index (χ0v) is 11.0. The largest absolute Gasteiger partial charge is 0.280 e. The molecular weight excluding hydrogens is 377 g/mol. The average molecular weight is 379 g/mol. The SMILES string of the molecule is N#Cc1cc(C(F)F)nc(I)c1S(=O)(=O)Cl. The zero-order valence-electron chi connectivity index (χ0n) is 7.29. The smallest absolute Gasteiger partial charge is 0.239 e. The molecule has 0 unspecified atom stereocenters. The first kappa shape index (κ1) is 13.5. The second-order valence-corrected chi connectivity index (χ2v) is 6.09. The fourth-order valence-electron chi connectivity index (χ4n) is 0.948. The van der Waals surface area contributed by atoms with Crippen molar-refractivity contribution < 1.29 is 17.2 Å². The first-order valence-electron chi connectivity index (χ1n) is 3.60. The Labute approximate surface area is 108 Å². The predicted molar refractivity (Wildman–Crippen MR) is 59.7 cm³/mol. The molecule has 0 aliphatic carbocycles. The predicted octanol–water partition coefficient (Wildman–Crippen LogP) is 2.42. The van der Waals surface area contributed by atoms with Crippen LogP contribution in [0.3, 0.4) is 0 Å². The van der Waals surface area contributed by atoms with Gasteiger partial charge in [-0.25, -0.2) is 22.2 Å². The standard InChI is InChI=1S/C7H2ClF2IN2O2S/c8-16(14,15)5-3(2-12)1-4(6(9)10)13-7(5)11/h1,6H. The Balaban J connectivity index is 3.62. The molecule has 0 aromatic carbocycles. The van der Waals surface area contributed by atoms with Crippen molar-refractivity contribution in [2.45, 2.75) is 11.3 Å². The van der Waals surface area contributed by atoms with Gasteiger partial charge in [-0.15, -0.1) is 0 Å². The molecule has 0 amide bonds. The van der Waals surface area contributed by atoms with Crippen molar-refractivity contribution in [3.05, 3.63) is 21.0 Å². The van der Waals surface area contributed by atoms with Crippen molar-refractivity contribution in [1.82, 2.24) is 4.98 Å². The molecular formula is C7H2ClF2IN2O2S. The molecule has 1 rings (SSSR count). The highest BCUT2D eigenvalue weighted by molar-refractivity contribution is 14.1.